The molecule has 2 rings (SSSR count). The molecule has 5 nitrogen and oxygen atoms in total. The summed E-state index contributed by atoms with van der Waals surface area (Å²) in [6.07, 6.45) is 4.58. The topological polar surface area (TPSA) is 63.1 Å². The molecule has 0 spiro atoms. The van der Waals surface area contributed by atoms with E-state index >= 15 is 0 Å². The Hall–Kier alpha value is -2.56. The standard InChI is InChI=1S/C16H19N3O2/c1-13(20)17-8-5-9-18-16(21)14-6-4-7-15(12-14)19-10-2-3-11-19/h2-4,6-7,10-12H,5,8-9H2,1H3,(H,17,20)(H,18,21). The van der Waals surface area contributed by atoms with Crippen LogP contribution in [0.1, 0.15) is 23.7 Å². The van der Waals surface area contributed by atoms with E-state index in [-0.39, 0.29) is 11.8 Å². The Kier molecular flexibility index (Phi) is 5.15. The normalized spacial score (nSPS) is 10.1. The second kappa shape index (κ2) is 7.28. The Labute approximate surface area is 124 Å². The lowest BCUT2D eigenvalue weighted by Gasteiger charge is -2.08. The van der Waals surface area contributed by atoms with Crippen LogP contribution in [0.2, 0.25) is 0 Å². The van der Waals surface area contributed by atoms with Gasteiger partial charge >= 0.3 is 0 Å². The van der Waals surface area contributed by atoms with Gasteiger partial charge in [-0.05, 0) is 36.8 Å². The van der Waals surface area contributed by atoms with Gasteiger partial charge in [-0.3, -0.25) is 9.59 Å². The van der Waals surface area contributed by atoms with Crippen LogP contribution < -0.4 is 10.6 Å². The summed E-state index contributed by atoms with van der Waals surface area (Å²) in [4.78, 5) is 22.8. The van der Waals surface area contributed by atoms with E-state index in [1.165, 1.54) is 6.92 Å². The van der Waals surface area contributed by atoms with Crippen molar-refractivity contribution in [3.8, 4) is 5.69 Å². The lowest BCUT2D eigenvalue weighted by Crippen LogP contribution is -2.28. The van der Waals surface area contributed by atoms with Crippen molar-refractivity contribution >= 4 is 11.8 Å². The van der Waals surface area contributed by atoms with E-state index in [9.17, 15) is 9.59 Å². The van der Waals surface area contributed by atoms with Crippen molar-refractivity contribution in [1.82, 2.24) is 15.2 Å². The molecule has 0 fully saturated rings. The van der Waals surface area contributed by atoms with Gasteiger partial charge < -0.3 is 15.2 Å². The minimum absolute atomic E-state index is 0.0549. The maximum absolute atomic E-state index is 12.1. The number of benzene rings is 1. The van der Waals surface area contributed by atoms with Crippen molar-refractivity contribution in [3.63, 3.8) is 0 Å². The van der Waals surface area contributed by atoms with Crippen LogP contribution in [0.5, 0.6) is 0 Å². The first-order chi connectivity index (χ1) is 10.2. The van der Waals surface area contributed by atoms with E-state index < -0.39 is 0 Å². The van der Waals surface area contributed by atoms with Gasteiger partial charge in [0, 0.05) is 43.7 Å². The highest BCUT2D eigenvalue weighted by molar-refractivity contribution is 5.94. The maximum Gasteiger partial charge on any atom is 0.251 e. The molecule has 0 aliphatic heterocycles. The van der Waals surface area contributed by atoms with Crippen LogP contribution in [0.4, 0.5) is 0 Å². The molecule has 0 bridgehead atoms. The second-order valence-corrected chi connectivity index (χ2v) is 4.73. The van der Waals surface area contributed by atoms with Crippen molar-refractivity contribution in [2.45, 2.75) is 13.3 Å². The van der Waals surface area contributed by atoms with Crippen molar-refractivity contribution in [2.75, 3.05) is 13.1 Å². The third-order valence-corrected chi connectivity index (χ3v) is 3.02. The molecule has 2 amide bonds. The molecule has 110 valence electrons. The van der Waals surface area contributed by atoms with Gasteiger partial charge in [-0.2, -0.15) is 0 Å². The monoisotopic (exact) mass is 285 g/mol. The van der Waals surface area contributed by atoms with Gasteiger partial charge in [0.05, 0.1) is 0 Å². The molecule has 0 aliphatic rings. The molecule has 0 unspecified atom stereocenters. The third-order valence-electron chi connectivity index (χ3n) is 3.02. The van der Waals surface area contributed by atoms with Gasteiger partial charge in [-0.15, -0.1) is 0 Å². The number of amides is 2. The minimum Gasteiger partial charge on any atom is -0.356 e. The van der Waals surface area contributed by atoms with Gasteiger partial charge in [-0.25, -0.2) is 0 Å². The molecule has 0 saturated heterocycles. The third kappa shape index (κ3) is 4.49. The number of hydrogen-bond donors (Lipinski definition) is 2. The number of rotatable bonds is 6. The zero-order valence-electron chi connectivity index (χ0n) is 12.0. The molecule has 5 heteroatoms. The first-order valence-electron chi connectivity index (χ1n) is 6.93. The molecule has 1 aromatic carbocycles. The summed E-state index contributed by atoms with van der Waals surface area (Å²) in [5, 5.41) is 5.54. The van der Waals surface area contributed by atoms with Gasteiger partial charge in [0.15, 0.2) is 0 Å². The summed E-state index contributed by atoms with van der Waals surface area (Å²) in [6.45, 7) is 2.58. The van der Waals surface area contributed by atoms with E-state index in [1.807, 2.05) is 47.3 Å². The van der Waals surface area contributed by atoms with Crippen LogP contribution in [-0.2, 0) is 4.79 Å². The Morgan fingerprint density at radius 1 is 1.05 bits per heavy atom. The van der Waals surface area contributed by atoms with Crippen LogP contribution in [0.3, 0.4) is 0 Å². The Morgan fingerprint density at radius 2 is 1.76 bits per heavy atom. The average Bonchev–Trinajstić information content (AvgIpc) is 3.01. The second-order valence-electron chi connectivity index (χ2n) is 4.73. The van der Waals surface area contributed by atoms with E-state index in [1.54, 1.807) is 6.07 Å². The van der Waals surface area contributed by atoms with Crippen molar-refractivity contribution in [3.05, 3.63) is 54.4 Å². The Morgan fingerprint density at radius 3 is 2.48 bits per heavy atom. The highest BCUT2D eigenvalue weighted by atomic mass is 16.2. The fourth-order valence-corrected chi connectivity index (χ4v) is 1.97. The van der Waals surface area contributed by atoms with E-state index in [2.05, 4.69) is 10.6 Å². The van der Waals surface area contributed by atoms with Gasteiger partial charge in [0.25, 0.3) is 5.91 Å². The summed E-state index contributed by atoms with van der Waals surface area (Å²) in [6, 6.07) is 11.3. The molecular formula is C16H19N3O2. The maximum atomic E-state index is 12.1. The molecular weight excluding hydrogens is 266 g/mol. The van der Waals surface area contributed by atoms with Crippen molar-refractivity contribution in [1.29, 1.82) is 0 Å². The van der Waals surface area contributed by atoms with E-state index in [0.29, 0.717) is 25.1 Å². The SMILES string of the molecule is CC(=O)NCCCNC(=O)c1cccc(-n2cccc2)c1. The minimum atomic E-state index is -0.105. The first-order valence-corrected chi connectivity index (χ1v) is 6.93. The average molecular weight is 285 g/mol. The molecule has 2 N–H and O–H groups in total. The van der Waals surface area contributed by atoms with E-state index in [0.717, 1.165) is 5.69 Å². The van der Waals surface area contributed by atoms with E-state index in [4.69, 9.17) is 0 Å². The lowest BCUT2D eigenvalue weighted by atomic mass is 10.2. The lowest BCUT2D eigenvalue weighted by molar-refractivity contribution is -0.118. The molecule has 0 saturated carbocycles. The fraction of sp³-hybridized carbons (Fsp3) is 0.250. The van der Waals surface area contributed by atoms with Crippen LogP contribution in [0, 0.1) is 0 Å². The van der Waals surface area contributed by atoms with Gasteiger partial charge in [0.1, 0.15) is 0 Å². The van der Waals surface area contributed by atoms with Crippen LogP contribution in [0.15, 0.2) is 48.8 Å². The predicted octanol–water partition coefficient (Wildman–Crippen LogP) is 1.73. The molecule has 1 aromatic heterocycles. The Bertz CT molecular complexity index is 606. The summed E-state index contributed by atoms with van der Waals surface area (Å²) < 4.78 is 1.95. The molecule has 2 aromatic rings. The summed E-state index contributed by atoms with van der Waals surface area (Å²) in [5.41, 5.74) is 1.58. The molecule has 0 aliphatic carbocycles. The van der Waals surface area contributed by atoms with Crippen molar-refractivity contribution < 1.29 is 9.59 Å². The van der Waals surface area contributed by atoms with Crippen LogP contribution in [0.25, 0.3) is 5.69 Å². The smallest absolute Gasteiger partial charge is 0.251 e. The zero-order valence-corrected chi connectivity index (χ0v) is 12.0. The number of carbonyl (C=O) groups is 2. The molecule has 0 atom stereocenters. The predicted molar refractivity (Wildman–Crippen MR) is 81.4 cm³/mol. The zero-order chi connectivity index (χ0) is 15.1. The number of nitrogens with one attached hydrogen (secondary N) is 2. The van der Waals surface area contributed by atoms with Gasteiger partial charge in [-0.1, -0.05) is 6.07 Å². The number of nitrogens with zero attached hydrogens (tertiary/aromatic N) is 1. The quantitative estimate of drug-likeness (QED) is 0.794. The highest BCUT2D eigenvalue weighted by Crippen LogP contribution is 2.10. The number of aromatic nitrogens is 1. The first kappa shape index (κ1) is 14.8. The molecule has 21 heavy (non-hydrogen) atoms. The summed E-state index contributed by atoms with van der Waals surface area (Å²) in [5.74, 6) is -0.160. The van der Waals surface area contributed by atoms with Crippen LogP contribution >= 0.6 is 0 Å². The van der Waals surface area contributed by atoms with Crippen molar-refractivity contribution in [2.24, 2.45) is 0 Å². The number of carbonyl (C=O) groups excluding carboxylic acids is 2. The molecule has 0 radical (unpaired) electrons. The summed E-state index contributed by atoms with van der Waals surface area (Å²) in [7, 11) is 0. The number of hydrogen-bond acceptors (Lipinski definition) is 2. The van der Waals surface area contributed by atoms with Crippen LogP contribution in [-0.4, -0.2) is 29.5 Å². The molecule has 1 heterocycles. The highest BCUT2D eigenvalue weighted by Gasteiger charge is 2.06. The largest absolute Gasteiger partial charge is 0.356 e. The Balaban J connectivity index is 1.88. The van der Waals surface area contributed by atoms with Gasteiger partial charge in [0.2, 0.25) is 5.91 Å². The fourth-order valence-electron chi connectivity index (χ4n) is 1.97. The summed E-state index contributed by atoms with van der Waals surface area (Å²) >= 11 is 0.